The summed E-state index contributed by atoms with van der Waals surface area (Å²) in [6.45, 7) is 3.80. The van der Waals surface area contributed by atoms with Crippen molar-refractivity contribution in [2.45, 2.75) is 23.3 Å². The summed E-state index contributed by atoms with van der Waals surface area (Å²) >= 11 is 13.9. The molecule has 0 atom stereocenters. The minimum Gasteiger partial charge on any atom is -0.313 e. The largest absolute Gasteiger partial charge is 0.313 e. The van der Waals surface area contributed by atoms with Crippen LogP contribution in [0.4, 0.5) is 0 Å². The Morgan fingerprint density at radius 2 is 1.79 bits per heavy atom. The number of hydrogen-bond donors (Lipinski definition) is 1. The maximum atomic E-state index is 6.28. The molecule has 0 fully saturated rings. The van der Waals surface area contributed by atoms with Gasteiger partial charge in [-0.1, -0.05) is 48.0 Å². The molecule has 0 aliphatic heterocycles. The fourth-order valence-corrected chi connectivity index (χ4v) is 3.09. The lowest BCUT2D eigenvalue weighted by atomic mass is 10.2. The van der Waals surface area contributed by atoms with Crippen LogP contribution in [0, 0.1) is 0 Å². The van der Waals surface area contributed by atoms with Crippen LogP contribution in [0.15, 0.2) is 52.3 Å². The van der Waals surface area contributed by atoms with Crippen LogP contribution in [0.2, 0.25) is 10.0 Å². The molecule has 0 saturated carbocycles. The minimum atomic E-state index is 0.753. The van der Waals surface area contributed by atoms with E-state index in [1.165, 1.54) is 4.90 Å². The van der Waals surface area contributed by atoms with Crippen LogP contribution in [-0.4, -0.2) is 6.54 Å². The molecule has 19 heavy (non-hydrogen) atoms. The highest BCUT2D eigenvalue weighted by atomic mass is 35.5. The second-order valence-electron chi connectivity index (χ2n) is 4.05. The van der Waals surface area contributed by atoms with Crippen LogP contribution in [-0.2, 0) is 6.54 Å². The summed E-state index contributed by atoms with van der Waals surface area (Å²) < 4.78 is 0. The molecular formula is C15H15Cl2NS. The summed E-state index contributed by atoms with van der Waals surface area (Å²) in [4.78, 5) is 2.33. The molecule has 2 aromatic carbocycles. The summed E-state index contributed by atoms with van der Waals surface area (Å²) in [5.74, 6) is 0. The van der Waals surface area contributed by atoms with Crippen molar-refractivity contribution in [1.82, 2.24) is 5.32 Å². The first kappa shape index (κ1) is 14.7. The van der Waals surface area contributed by atoms with Crippen molar-refractivity contribution in [2.75, 3.05) is 6.54 Å². The van der Waals surface area contributed by atoms with E-state index in [4.69, 9.17) is 23.2 Å². The van der Waals surface area contributed by atoms with Gasteiger partial charge in [-0.3, -0.25) is 0 Å². The second kappa shape index (κ2) is 7.20. The maximum Gasteiger partial charge on any atom is 0.0462 e. The summed E-state index contributed by atoms with van der Waals surface area (Å²) in [7, 11) is 0. The number of nitrogens with one attached hydrogen (secondary N) is 1. The van der Waals surface area contributed by atoms with Gasteiger partial charge >= 0.3 is 0 Å². The third kappa shape index (κ3) is 4.15. The third-order valence-electron chi connectivity index (χ3n) is 2.67. The maximum absolute atomic E-state index is 6.28. The lowest BCUT2D eigenvalue weighted by molar-refractivity contribution is 0.718. The van der Waals surface area contributed by atoms with E-state index in [2.05, 4.69) is 18.3 Å². The lowest BCUT2D eigenvalue weighted by Gasteiger charge is -2.11. The quantitative estimate of drug-likeness (QED) is 0.809. The molecule has 0 saturated heterocycles. The molecule has 0 bridgehead atoms. The predicted octanol–water partition coefficient (Wildman–Crippen LogP) is 5.25. The monoisotopic (exact) mass is 311 g/mol. The predicted molar refractivity (Wildman–Crippen MR) is 84.4 cm³/mol. The van der Waals surface area contributed by atoms with Crippen LogP contribution in [0.3, 0.4) is 0 Å². The Bertz CT molecular complexity index is 540. The van der Waals surface area contributed by atoms with Gasteiger partial charge in [0.05, 0.1) is 0 Å². The van der Waals surface area contributed by atoms with Crippen molar-refractivity contribution >= 4 is 35.0 Å². The zero-order chi connectivity index (χ0) is 13.7. The molecule has 0 unspecified atom stereocenters. The fourth-order valence-electron chi connectivity index (χ4n) is 1.69. The molecule has 2 aromatic rings. The van der Waals surface area contributed by atoms with Gasteiger partial charge in [-0.25, -0.2) is 0 Å². The van der Waals surface area contributed by atoms with Crippen molar-refractivity contribution in [3.05, 3.63) is 58.1 Å². The van der Waals surface area contributed by atoms with E-state index >= 15 is 0 Å². The van der Waals surface area contributed by atoms with Gasteiger partial charge in [0.2, 0.25) is 0 Å². The standard InChI is InChI=1S/C15H15Cl2NS/c1-2-18-10-13-14(17)4-3-5-15(13)19-12-8-6-11(16)7-9-12/h3-9,18H,2,10H2,1H3. The molecule has 0 aliphatic rings. The third-order valence-corrected chi connectivity index (χ3v) is 4.39. The minimum absolute atomic E-state index is 0.753. The average molecular weight is 312 g/mol. The van der Waals surface area contributed by atoms with Crippen molar-refractivity contribution in [3.63, 3.8) is 0 Å². The van der Waals surface area contributed by atoms with E-state index in [0.717, 1.165) is 33.6 Å². The van der Waals surface area contributed by atoms with E-state index in [9.17, 15) is 0 Å². The van der Waals surface area contributed by atoms with E-state index in [1.807, 2.05) is 36.4 Å². The van der Waals surface area contributed by atoms with Crippen LogP contribution < -0.4 is 5.32 Å². The average Bonchev–Trinajstić information content (AvgIpc) is 2.41. The van der Waals surface area contributed by atoms with Crippen molar-refractivity contribution in [1.29, 1.82) is 0 Å². The van der Waals surface area contributed by atoms with Gasteiger partial charge in [0, 0.05) is 26.4 Å². The Hall–Kier alpha value is -0.670. The van der Waals surface area contributed by atoms with Crippen molar-refractivity contribution < 1.29 is 0 Å². The summed E-state index contributed by atoms with van der Waals surface area (Å²) in [5, 5.41) is 4.88. The number of benzene rings is 2. The topological polar surface area (TPSA) is 12.0 Å². The highest BCUT2D eigenvalue weighted by Crippen LogP contribution is 2.34. The molecule has 0 aliphatic carbocycles. The normalized spacial score (nSPS) is 10.7. The SMILES string of the molecule is CCNCc1c(Cl)cccc1Sc1ccc(Cl)cc1. The Morgan fingerprint density at radius 3 is 2.47 bits per heavy atom. The molecule has 1 nitrogen and oxygen atoms in total. The molecule has 0 aromatic heterocycles. The Balaban J connectivity index is 2.23. The van der Waals surface area contributed by atoms with Crippen LogP contribution in [0.25, 0.3) is 0 Å². The van der Waals surface area contributed by atoms with Crippen molar-refractivity contribution in [2.24, 2.45) is 0 Å². The van der Waals surface area contributed by atoms with Gasteiger partial charge in [0.1, 0.15) is 0 Å². The Labute approximate surface area is 128 Å². The highest BCUT2D eigenvalue weighted by Gasteiger charge is 2.08. The van der Waals surface area contributed by atoms with E-state index in [0.29, 0.717) is 0 Å². The Morgan fingerprint density at radius 1 is 1.05 bits per heavy atom. The molecular weight excluding hydrogens is 297 g/mol. The van der Waals surface area contributed by atoms with Gasteiger partial charge in [-0.2, -0.15) is 0 Å². The first-order valence-electron chi connectivity index (χ1n) is 6.12. The fraction of sp³-hybridized carbons (Fsp3) is 0.200. The molecule has 0 radical (unpaired) electrons. The van der Waals surface area contributed by atoms with Crippen LogP contribution in [0.5, 0.6) is 0 Å². The second-order valence-corrected chi connectivity index (χ2v) is 6.01. The molecule has 1 N–H and O–H groups in total. The van der Waals surface area contributed by atoms with Gasteiger partial charge in [-0.05, 0) is 48.5 Å². The number of halogens is 2. The number of hydrogen-bond acceptors (Lipinski definition) is 2. The molecule has 4 heteroatoms. The first-order valence-corrected chi connectivity index (χ1v) is 7.69. The van der Waals surface area contributed by atoms with Gasteiger partial charge < -0.3 is 5.32 Å². The van der Waals surface area contributed by atoms with Crippen LogP contribution >= 0.6 is 35.0 Å². The van der Waals surface area contributed by atoms with E-state index in [1.54, 1.807) is 11.8 Å². The van der Waals surface area contributed by atoms with E-state index < -0.39 is 0 Å². The molecule has 0 heterocycles. The molecule has 2 rings (SSSR count). The highest BCUT2D eigenvalue weighted by molar-refractivity contribution is 7.99. The smallest absolute Gasteiger partial charge is 0.0462 e. The molecule has 0 amide bonds. The summed E-state index contributed by atoms with van der Waals surface area (Å²) in [6, 6.07) is 13.8. The molecule has 100 valence electrons. The van der Waals surface area contributed by atoms with Gasteiger partial charge in [-0.15, -0.1) is 0 Å². The first-order chi connectivity index (χ1) is 9.20. The van der Waals surface area contributed by atoms with Crippen molar-refractivity contribution in [3.8, 4) is 0 Å². The summed E-state index contributed by atoms with van der Waals surface area (Å²) in [5.41, 5.74) is 1.14. The zero-order valence-electron chi connectivity index (χ0n) is 10.6. The Kier molecular flexibility index (Phi) is 5.59. The number of rotatable bonds is 5. The lowest BCUT2D eigenvalue weighted by Crippen LogP contribution is -2.12. The zero-order valence-corrected chi connectivity index (χ0v) is 12.9. The summed E-state index contributed by atoms with van der Waals surface area (Å²) in [6.07, 6.45) is 0. The van der Waals surface area contributed by atoms with Gasteiger partial charge in [0.25, 0.3) is 0 Å². The molecule has 0 spiro atoms. The van der Waals surface area contributed by atoms with Crippen LogP contribution in [0.1, 0.15) is 12.5 Å². The van der Waals surface area contributed by atoms with E-state index in [-0.39, 0.29) is 0 Å². The van der Waals surface area contributed by atoms with Gasteiger partial charge in [0.15, 0.2) is 0 Å².